The predicted octanol–water partition coefficient (Wildman–Crippen LogP) is 2.78. The highest BCUT2D eigenvalue weighted by Gasteiger charge is 2.23. The zero-order valence-corrected chi connectivity index (χ0v) is 13.9. The molecule has 0 aliphatic carbocycles. The van der Waals surface area contributed by atoms with E-state index in [2.05, 4.69) is 20.4 Å². The summed E-state index contributed by atoms with van der Waals surface area (Å²) in [5.41, 5.74) is 1.04. The number of imidazole rings is 1. The monoisotopic (exact) mass is 331 g/mol. The third kappa shape index (κ3) is 2.86. The summed E-state index contributed by atoms with van der Waals surface area (Å²) in [6, 6.07) is 2.90. The molecule has 126 valence electrons. The fraction of sp³-hybridized carbons (Fsp3) is 0.375. The van der Waals surface area contributed by atoms with Gasteiger partial charge in [0.1, 0.15) is 11.7 Å². The lowest BCUT2D eigenvalue weighted by Gasteiger charge is -2.07. The Morgan fingerprint density at radius 1 is 1.33 bits per heavy atom. The van der Waals surface area contributed by atoms with Gasteiger partial charge >= 0.3 is 0 Å². The van der Waals surface area contributed by atoms with Gasteiger partial charge in [-0.25, -0.2) is 4.98 Å². The van der Waals surface area contributed by atoms with Gasteiger partial charge in [0, 0.05) is 12.1 Å². The van der Waals surface area contributed by atoms with Gasteiger partial charge in [-0.15, -0.1) is 0 Å². The number of fused-ring (bicyclic) bond motifs is 1. The standard InChI is InChI=1S/C16H18FN5O2/c1-8(2)14-20-16(24-21-14)10(4)18-15(23)12-13(17)22-6-5-9(3)7-11(22)19-12/h5-8,10H,1-4H3,(H,18,23). The molecular weight excluding hydrogens is 313 g/mol. The van der Waals surface area contributed by atoms with Gasteiger partial charge < -0.3 is 9.84 Å². The van der Waals surface area contributed by atoms with E-state index in [1.807, 2.05) is 20.8 Å². The van der Waals surface area contributed by atoms with E-state index < -0.39 is 17.9 Å². The highest BCUT2D eigenvalue weighted by atomic mass is 19.1. The summed E-state index contributed by atoms with van der Waals surface area (Å²) in [7, 11) is 0. The Hall–Kier alpha value is -2.77. The number of nitrogens with zero attached hydrogens (tertiary/aromatic N) is 4. The summed E-state index contributed by atoms with van der Waals surface area (Å²) in [4.78, 5) is 20.6. The molecule has 8 heteroatoms. The number of hydrogen-bond acceptors (Lipinski definition) is 5. The number of aryl methyl sites for hydroxylation is 1. The predicted molar refractivity (Wildman–Crippen MR) is 84.2 cm³/mol. The van der Waals surface area contributed by atoms with Crippen molar-refractivity contribution in [3.05, 3.63) is 47.2 Å². The number of halogens is 1. The summed E-state index contributed by atoms with van der Waals surface area (Å²) < 4.78 is 20.7. The van der Waals surface area contributed by atoms with Gasteiger partial charge in [0.05, 0.1) is 0 Å². The molecular formula is C16H18FN5O2. The summed E-state index contributed by atoms with van der Waals surface area (Å²) in [5, 5.41) is 6.48. The fourth-order valence-corrected chi connectivity index (χ4v) is 2.25. The highest BCUT2D eigenvalue weighted by Crippen LogP contribution is 2.17. The number of carbonyl (C=O) groups excluding carboxylic acids is 1. The molecule has 3 aromatic heterocycles. The van der Waals surface area contributed by atoms with Crippen LogP contribution in [0.5, 0.6) is 0 Å². The van der Waals surface area contributed by atoms with E-state index in [0.717, 1.165) is 5.56 Å². The molecule has 0 spiro atoms. The first-order valence-electron chi connectivity index (χ1n) is 7.65. The molecule has 1 atom stereocenters. The van der Waals surface area contributed by atoms with E-state index in [9.17, 15) is 9.18 Å². The van der Waals surface area contributed by atoms with Crippen LogP contribution in [0.4, 0.5) is 4.39 Å². The molecule has 0 aromatic carbocycles. The zero-order valence-electron chi connectivity index (χ0n) is 13.9. The third-order valence-corrected chi connectivity index (χ3v) is 3.63. The molecule has 1 amide bonds. The second-order valence-corrected chi connectivity index (χ2v) is 6.02. The maximum Gasteiger partial charge on any atom is 0.275 e. The Labute approximate surface area is 137 Å². The summed E-state index contributed by atoms with van der Waals surface area (Å²) >= 11 is 0. The van der Waals surface area contributed by atoms with E-state index in [1.54, 1.807) is 25.3 Å². The molecule has 24 heavy (non-hydrogen) atoms. The lowest BCUT2D eigenvalue weighted by atomic mass is 10.2. The Morgan fingerprint density at radius 3 is 2.75 bits per heavy atom. The summed E-state index contributed by atoms with van der Waals surface area (Å²) in [6.07, 6.45) is 1.54. The van der Waals surface area contributed by atoms with Crippen molar-refractivity contribution in [3.63, 3.8) is 0 Å². The molecule has 0 bridgehead atoms. The van der Waals surface area contributed by atoms with Crippen molar-refractivity contribution in [2.75, 3.05) is 0 Å². The van der Waals surface area contributed by atoms with Crippen LogP contribution in [0.3, 0.4) is 0 Å². The van der Waals surface area contributed by atoms with E-state index >= 15 is 0 Å². The minimum absolute atomic E-state index is 0.115. The van der Waals surface area contributed by atoms with E-state index in [1.165, 1.54) is 4.40 Å². The van der Waals surface area contributed by atoms with Crippen molar-refractivity contribution in [1.82, 2.24) is 24.8 Å². The first-order valence-corrected chi connectivity index (χ1v) is 7.65. The number of hydrogen-bond donors (Lipinski definition) is 1. The van der Waals surface area contributed by atoms with Crippen molar-refractivity contribution in [3.8, 4) is 0 Å². The lowest BCUT2D eigenvalue weighted by molar-refractivity contribution is 0.0923. The molecule has 3 aromatic rings. The molecule has 0 saturated heterocycles. The second kappa shape index (κ2) is 6.03. The molecule has 0 aliphatic rings. The van der Waals surface area contributed by atoms with Crippen LogP contribution in [-0.2, 0) is 0 Å². The van der Waals surface area contributed by atoms with E-state index in [0.29, 0.717) is 11.5 Å². The quantitative estimate of drug-likeness (QED) is 0.794. The second-order valence-electron chi connectivity index (χ2n) is 6.02. The van der Waals surface area contributed by atoms with E-state index in [-0.39, 0.29) is 17.5 Å². The number of pyridine rings is 1. The van der Waals surface area contributed by atoms with Crippen LogP contribution in [0.25, 0.3) is 5.65 Å². The van der Waals surface area contributed by atoms with Gasteiger partial charge in [0.2, 0.25) is 11.8 Å². The Bertz CT molecular complexity index is 899. The number of carbonyl (C=O) groups is 1. The van der Waals surface area contributed by atoms with Crippen LogP contribution in [0.2, 0.25) is 0 Å². The van der Waals surface area contributed by atoms with Crippen molar-refractivity contribution >= 4 is 11.6 Å². The van der Waals surface area contributed by atoms with Crippen LogP contribution in [0, 0.1) is 12.9 Å². The Kier molecular flexibility index (Phi) is 4.04. The molecule has 7 nitrogen and oxygen atoms in total. The first-order chi connectivity index (χ1) is 11.4. The van der Waals surface area contributed by atoms with E-state index in [4.69, 9.17) is 4.52 Å². The topological polar surface area (TPSA) is 85.3 Å². The first kappa shape index (κ1) is 16.1. The molecule has 0 fully saturated rings. The minimum Gasteiger partial charge on any atom is -0.339 e. The van der Waals surface area contributed by atoms with Crippen LogP contribution in [0.1, 0.15) is 60.5 Å². The smallest absolute Gasteiger partial charge is 0.275 e. The van der Waals surface area contributed by atoms with Gasteiger partial charge in [0.15, 0.2) is 11.5 Å². The number of rotatable bonds is 4. The molecule has 1 unspecified atom stereocenters. The van der Waals surface area contributed by atoms with Crippen molar-refractivity contribution in [2.45, 2.75) is 39.7 Å². The summed E-state index contributed by atoms with van der Waals surface area (Å²) in [6.45, 7) is 7.43. The number of nitrogens with one attached hydrogen (secondary N) is 1. The largest absolute Gasteiger partial charge is 0.339 e. The van der Waals surface area contributed by atoms with Crippen LogP contribution in [0.15, 0.2) is 22.9 Å². The maximum atomic E-state index is 14.4. The van der Waals surface area contributed by atoms with Gasteiger partial charge in [0.25, 0.3) is 5.91 Å². The average Bonchev–Trinajstić information content (AvgIpc) is 3.12. The SMILES string of the molecule is Cc1ccn2c(F)c(C(=O)NC(C)c3nc(C(C)C)no3)nc2c1. The number of aromatic nitrogens is 4. The van der Waals surface area contributed by atoms with Gasteiger partial charge in [-0.05, 0) is 31.5 Å². The van der Waals surface area contributed by atoms with Crippen molar-refractivity contribution < 1.29 is 13.7 Å². The summed E-state index contributed by atoms with van der Waals surface area (Å²) in [5.74, 6) is -0.397. The molecule has 1 N–H and O–H groups in total. The Balaban J connectivity index is 1.82. The zero-order chi connectivity index (χ0) is 17.4. The van der Waals surface area contributed by atoms with Gasteiger partial charge in [-0.3, -0.25) is 9.20 Å². The molecule has 3 heterocycles. The maximum absolute atomic E-state index is 14.4. The minimum atomic E-state index is -0.705. The fourth-order valence-electron chi connectivity index (χ4n) is 2.25. The van der Waals surface area contributed by atoms with Crippen LogP contribution >= 0.6 is 0 Å². The number of amides is 1. The molecule has 0 radical (unpaired) electrons. The van der Waals surface area contributed by atoms with Gasteiger partial charge in [-0.1, -0.05) is 19.0 Å². The third-order valence-electron chi connectivity index (χ3n) is 3.63. The van der Waals surface area contributed by atoms with Crippen LogP contribution < -0.4 is 5.32 Å². The molecule has 0 saturated carbocycles. The average molecular weight is 331 g/mol. The Morgan fingerprint density at radius 2 is 2.08 bits per heavy atom. The highest BCUT2D eigenvalue weighted by molar-refractivity contribution is 5.93. The normalized spacial score (nSPS) is 12.8. The van der Waals surface area contributed by atoms with Crippen LogP contribution in [-0.4, -0.2) is 25.4 Å². The molecule has 0 aliphatic heterocycles. The van der Waals surface area contributed by atoms with Crippen molar-refractivity contribution in [2.24, 2.45) is 0 Å². The van der Waals surface area contributed by atoms with Crippen molar-refractivity contribution in [1.29, 1.82) is 0 Å². The van der Waals surface area contributed by atoms with Gasteiger partial charge in [-0.2, -0.15) is 9.37 Å². The lowest BCUT2D eigenvalue weighted by Crippen LogP contribution is -2.28. The molecule has 3 rings (SSSR count).